The van der Waals surface area contributed by atoms with Crippen LogP contribution in [0.3, 0.4) is 0 Å². The molecule has 10 rings (SSSR count). The van der Waals surface area contributed by atoms with Crippen molar-refractivity contribution in [1.29, 1.82) is 0 Å². The van der Waals surface area contributed by atoms with Crippen molar-refractivity contribution in [2.24, 2.45) is 0 Å². The number of carbonyl (C=O) groups excluding carboxylic acids is 2. The summed E-state index contributed by atoms with van der Waals surface area (Å²) in [7, 11) is -7.06. The molecule has 4 unspecified atom stereocenters. The van der Waals surface area contributed by atoms with Gasteiger partial charge in [-0.2, -0.15) is 8.61 Å². The van der Waals surface area contributed by atoms with E-state index in [0.717, 1.165) is 74.1 Å². The van der Waals surface area contributed by atoms with E-state index >= 15 is 0 Å². The molecule has 2 aromatic heterocycles. The van der Waals surface area contributed by atoms with Crippen LogP contribution < -0.4 is 9.80 Å². The lowest BCUT2D eigenvalue weighted by atomic mass is 9.83. The molecule has 6 atom stereocenters. The predicted molar refractivity (Wildman–Crippen MR) is 277 cm³/mol. The Balaban J connectivity index is 0.000000174. The highest BCUT2D eigenvalue weighted by atomic mass is 32.3. The van der Waals surface area contributed by atoms with Crippen molar-refractivity contribution < 1.29 is 36.6 Å². The fourth-order valence-corrected chi connectivity index (χ4v) is 17.1. The number of fused-ring (bicyclic) bond motifs is 4. The number of anilines is 2. The highest BCUT2D eigenvalue weighted by Crippen LogP contribution is 2.37. The van der Waals surface area contributed by atoms with Crippen LogP contribution in [-0.2, 0) is 40.8 Å². The molecule has 0 saturated carbocycles. The third-order valence-electron chi connectivity index (χ3n) is 15.6. The van der Waals surface area contributed by atoms with Crippen LogP contribution in [0.4, 0.5) is 11.4 Å². The molecule has 4 aromatic rings. The van der Waals surface area contributed by atoms with Gasteiger partial charge in [0.05, 0.1) is 23.3 Å². The molecule has 0 spiro atoms. The summed E-state index contributed by atoms with van der Waals surface area (Å²) in [5.74, 6) is 0.723. The Morgan fingerprint density at radius 2 is 0.871 bits per heavy atom. The minimum absolute atomic E-state index is 0.0252. The second kappa shape index (κ2) is 20.7. The highest BCUT2D eigenvalue weighted by Gasteiger charge is 2.44. The van der Waals surface area contributed by atoms with Crippen molar-refractivity contribution >= 4 is 65.7 Å². The Morgan fingerprint density at radius 1 is 0.529 bits per heavy atom. The number of rotatable bonds is 12. The highest BCUT2D eigenvalue weighted by molar-refractivity contribution is 7.91. The SMILES string of the molecule is CC(C)(O)c1ccc(N2CCN(S(=O)(=O)c3cccs3)C[C@@H]2CN2C3CCCC2CC(=O)C3)cc1.CC(C)(O)c1ccc(N2CCN(S(=O)(=O)c3cccs3)C[C@@H]2CN2C3CCCC2CC(=O)C3)cc1. The molecule has 18 heteroatoms. The lowest BCUT2D eigenvalue weighted by molar-refractivity contribution is -0.128. The molecule has 8 heterocycles. The summed E-state index contributed by atoms with van der Waals surface area (Å²) >= 11 is 2.52. The zero-order valence-corrected chi connectivity index (χ0v) is 44.2. The van der Waals surface area contributed by atoms with Crippen molar-refractivity contribution in [1.82, 2.24) is 18.4 Å². The normalized spacial score (nSPS) is 26.8. The van der Waals surface area contributed by atoms with Gasteiger partial charge in [0, 0.05) is 114 Å². The number of hydrogen-bond acceptors (Lipinski definition) is 14. The lowest BCUT2D eigenvalue weighted by Crippen LogP contribution is -2.62. The topological polar surface area (TPSA) is 162 Å². The van der Waals surface area contributed by atoms with Crippen LogP contribution in [0, 0.1) is 0 Å². The van der Waals surface area contributed by atoms with Gasteiger partial charge in [0.2, 0.25) is 0 Å². The van der Waals surface area contributed by atoms with Gasteiger partial charge in [-0.1, -0.05) is 49.2 Å². The third kappa shape index (κ3) is 11.2. The molecule has 6 aliphatic rings. The largest absolute Gasteiger partial charge is 0.386 e. The minimum Gasteiger partial charge on any atom is -0.386 e. The van der Waals surface area contributed by atoms with Crippen LogP contribution in [0.15, 0.2) is 92.0 Å². The molecular formula is C52H70N6O8S4. The van der Waals surface area contributed by atoms with Crippen LogP contribution in [-0.4, -0.2) is 146 Å². The number of hydrogen-bond donors (Lipinski definition) is 2. The molecule has 6 saturated heterocycles. The zero-order valence-electron chi connectivity index (χ0n) is 40.9. The van der Waals surface area contributed by atoms with Crippen molar-refractivity contribution in [2.75, 3.05) is 62.2 Å². The van der Waals surface area contributed by atoms with Gasteiger partial charge in [0.25, 0.3) is 20.0 Å². The van der Waals surface area contributed by atoms with Crippen molar-refractivity contribution in [2.45, 2.75) is 148 Å². The average molecular weight is 1040 g/mol. The summed E-state index contributed by atoms with van der Waals surface area (Å²) in [5.41, 5.74) is 1.94. The van der Waals surface area contributed by atoms with E-state index in [2.05, 4.69) is 19.6 Å². The first-order chi connectivity index (χ1) is 33.3. The van der Waals surface area contributed by atoms with Gasteiger partial charge in [-0.05, 0) is 112 Å². The number of Topliss-reactive ketones (excluding diaryl/α,β-unsaturated/α-hetero) is 2. The van der Waals surface area contributed by atoms with Crippen LogP contribution in [0.5, 0.6) is 0 Å². The second-order valence-corrected chi connectivity index (χ2v) is 27.5. The van der Waals surface area contributed by atoms with Gasteiger partial charge in [0.1, 0.15) is 20.0 Å². The second-order valence-electron chi connectivity index (χ2n) is 21.3. The maximum Gasteiger partial charge on any atom is 0.252 e. The molecule has 0 aliphatic carbocycles. The fourth-order valence-electron chi connectivity index (χ4n) is 11.9. The Morgan fingerprint density at radius 3 is 1.17 bits per heavy atom. The van der Waals surface area contributed by atoms with E-state index in [1.165, 1.54) is 22.7 Å². The molecule has 6 aliphatic heterocycles. The third-order valence-corrected chi connectivity index (χ3v) is 22.1. The number of ketones is 2. The van der Waals surface area contributed by atoms with Crippen molar-refractivity contribution in [3.8, 4) is 0 Å². The van der Waals surface area contributed by atoms with E-state index in [4.69, 9.17) is 0 Å². The Labute approximate surface area is 423 Å². The number of thiophene rings is 2. The number of benzene rings is 2. The number of piperazine rings is 2. The first-order valence-electron chi connectivity index (χ1n) is 25.1. The molecule has 2 aromatic carbocycles. The van der Waals surface area contributed by atoms with Crippen LogP contribution >= 0.6 is 22.7 Å². The summed E-state index contributed by atoms with van der Waals surface area (Å²) in [6.45, 7) is 11.5. The first kappa shape index (κ1) is 51.3. The summed E-state index contributed by atoms with van der Waals surface area (Å²) < 4.78 is 57.5. The molecule has 0 radical (unpaired) electrons. The molecular weight excluding hydrogens is 965 g/mol. The van der Waals surface area contributed by atoms with Crippen LogP contribution in [0.2, 0.25) is 0 Å². The summed E-state index contributed by atoms with van der Waals surface area (Å²) in [6, 6.07) is 23.9. The zero-order chi connectivity index (χ0) is 49.6. The molecule has 2 N–H and O–H groups in total. The van der Waals surface area contributed by atoms with Gasteiger partial charge in [-0.25, -0.2) is 16.8 Å². The van der Waals surface area contributed by atoms with Crippen LogP contribution in [0.1, 0.15) is 103 Å². The number of piperidine rings is 4. The van der Waals surface area contributed by atoms with Crippen LogP contribution in [0.25, 0.3) is 0 Å². The maximum absolute atomic E-state index is 13.4. The summed E-state index contributed by atoms with van der Waals surface area (Å²) in [5, 5.41) is 24.3. The number of nitrogens with zero attached hydrogens (tertiary/aromatic N) is 6. The Hall–Kier alpha value is -3.56. The van der Waals surface area contributed by atoms with E-state index in [1.54, 1.807) is 71.3 Å². The summed E-state index contributed by atoms with van der Waals surface area (Å²) in [4.78, 5) is 34.2. The lowest BCUT2D eigenvalue weighted by Gasteiger charge is -2.50. The Bertz CT molecular complexity index is 2440. The average Bonchev–Trinajstić information content (AvgIpc) is 4.07. The number of sulfonamides is 2. The van der Waals surface area contributed by atoms with E-state index in [9.17, 15) is 36.6 Å². The molecule has 4 bridgehead atoms. The smallest absolute Gasteiger partial charge is 0.252 e. The van der Waals surface area contributed by atoms with Crippen molar-refractivity contribution in [3.05, 3.63) is 94.7 Å². The van der Waals surface area contributed by atoms with E-state index in [1.807, 2.05) is 48.5 Å². The molecule has 0 amide bonds. The van der Waals surface area contributed by atoms with E-state index in [-0.39, 0.29) is 36.3 Å². The van der Waals surface area contributed by atoms with Crippen molar-refractivity contribution in [3.63, 3.8) is 0 Å². The number of carbonyl (C=O) groups is 2. The van der Waals surface area contributed by atoms with E-state index < -0.39 is 31.2 Å². The quantitative estimate of drug-likeness (QED) is 0.152. The Kier molecular flexibility index (Phi) is 15.2. The molecule has 14 nitrogen and oxygen atoms in total. The minimum atomic E-state index is -3.53. The molecule has 6 fully saturated rings. The van der Waals surface area contributed by atoms with Gasteiger partial charge < -0.3 is 20.0 Å². The van der Waals surface area contributed by atoms with Gasteiger partial charge in [0.15, 0.2) is 0 Å². The fraction of sp³-hybridized carbons (Fsp3) is 0.577. The molecule has 380 valence electrons. The van der Waals surface area contributed by atoms with Gasteiger partial charge in [-0.3, -0.25) is 19.4 Å². The summed E-state index contributed by atoms with van der Waals surface area (Å²) in [6.07, 6.45) is 8.90. The monoisotopic (exact) mass is 1030 g/mol. The maximum atomic E-state index is 13.4. The molecule has 70 heavy (non-hydrogen) atoms. The number of aliphatic hydroxyl groups is 2. The first-order valence-corrected chi connectivity index (χ1v) is 29.7. The standard InChI is InChI=1S/2C26H35N3O4S2/c2*1-26(2,31)19-8-10-20(11-9-19)28-13-12-27(35(32,33)25-7-4-14-34-25)17-23(28)18-29-21-5-3-6-22(29)16-24(30)15-21/h2*4,7-11,14,21-23,31H,3,5-6,12-13,15-18H2,1-2H3/t2*21?,22?,23-/m11/s1. The van der Waals surface area contributed by atoms with Gasteiger partial charge in [-0.15, -0.1) is 22.7 Å². The van der Waals surface area contributed by atoms with E-state index in [0.29, 0.717) is 84.9 Å². The predicted octanol–water partition coefficient (Wildman–Crippen LogP) is 6.88. The van der Waals surface area contributed by atoms with Gasteiger partial charge >= 0.3 is 0 Å².